The van der Waals surface area contributed by atoms with Gasteiger partial charge in [-0.2, -0.15) is 0 Å². The third kappa shape index (κ3) is 8.24. The Balaban J connectivity index is 3.59. The van der Waals surface area contributed by atoms with Gasteiger partial charge in [0.2, 0.25) is 0 Å². The van der Waals surface area contributed by atoms with E-state index in [0.29, 0.717) is 0 Å². The summed E-state index contributed by atoms with van der Waals surface area (Å²) in [6.45, 7) is 10.8. The van der Waals surface area contributed by atoms with Gasteiger partial charge in [0.25, 0.3) is 0 Å². The van der Waals surface area contributed by atoms with Crippen LogP contribution >= 0.6 is 0 Å². The lowest BCUT2D eigenvalue weighted by molar-refractivity contribution is 0.188. The summed E-state index contributed by atoms with van der Waals surface area (Å²) in [7, 11) is 0.0946. The van der Waals surface area contributed by atoms with Crippen LogP contribution in [0.2, 0.25) is 12.6 Å². The van der Waals surface area contributed by atoms with Gasteiger partial charge in [-0.1, -0.05) is 0 Å². The number of hydrogen-bond donors (Lipinski definition) is 2. The fourth-order valence-electron chi connectivity index (χ4n) is 1.67. The maximum Gasteiger partial charge on any atom is 0.334 e. The molecule has 0 amide bonds. The third-order valence-electron chi connectivity index (χ3n) is 2.44. The lowest BCUT2D eigenvalue weighted by Gasteiger charge is -2.25. The van der Waals surface area contributed by atoms with E-state index >= 15 is 0 Å². The minimum Gasteiger partial charge on any atom is -0.395 e. The number of likely N-dealkylation sites (N-methyl/N-ethyl adjacent to an activating group) is 1. The zero-order valence-electron chi connectivity index (χ0n) is 11.3. The highest BCUT2D eigenvalue weighted by molar-refractivity contribution is 6.66. The van der Waals surface area contributed by atoms with Crippen molar-refractivity contribution >= 4 is 8.56 Å². The van der Waals surface area contributed by atoms with Crippen LogP contribution in [0.3, 0.4) is 0 Å². The molecule has 98 valence electrons. The molecule has 0 aromatic heterocycles. The van der Waals surface area contributed by atoms with E-state index in [1.165, 1.54) is 0 Å². The topological polar surface area (TPSA) is 42.5 Å². The summed E-state index contributed by atoms with van der Waals surface area (Å²) in [6.07, 6.45) is 1.13. The number of nitrogens with one attached hydrogen (secondary N) is 2. The third-order valence-corrected chi connectivity index (χ3v) is 5.50. The summed E-state index contributed by atoms with van der Waals surface area (Å²) < 4.78 is 11.5. The van der Waals surface area contributed by atoms with Gasteiger partial charge in [0, 0.05) is 26.3 Å². The highest BCUT2D eigenvalue weighted by Crippen LogP contribution is 2.15. The molecule has 0 unspecified atom stereocenters. The first kappa shape index (κ1) is 16.1. The van der Waals surface area contributed by atoms with Gasteiger partial charge >= 0.3 is 8.56 Å². The van der Waals surface area contributed by atoms with Crippen molar-refractivity contribution in [1.29, 1.82) is 0 Å². The summed E-state index contributed by atoms with van der Waals surface area (Å²) in [5.41, 5.74) is 0. The molecule has 2 N–H and O–H groups in total. The standard InChI is InChI=1S/C11H28N2O2Si/c1-5-14-16(4,15-6-2)11-7-8-13-10-9-12-3/h12-13H,5-11H2,1-4H3. The van der Waals surface area contributed by atoms with E-state index in [1.807, 2.05) is 20.9 Å². The van der Waals surface area contributed by atoms with E-state index in [-0.39, 0.29) is 0 Å². The van der Waals surface area contributed by atoms with Crippen LogP contribution in [0.5, 0.6) is 0 Å². The van der Waals surface area contributed by atoms with Gasteiger partial charge < -0.3 is 19.5 Å². The van der Waals surface area contributed by atoms with Gasteiger partial charge in [0.1, 0.15) is 0 Å². The van der Waals surface area contributed by atoms with E-state index in [2.05, 4.69) is 17.2 Å². The normalized spacial score (nSPS) is 12.0. The van der Waals surface area contributed by atoms with Gasteiger partial charge in [-0.3, -0.25) is 0 Å². The smallest absolute Gasteiger partial charge is 0.334 e. The molecule has 0 aliphatic heterocycles. The predicted molar refractivity (Wildman–Crippen MR) is 71.1 cm³/mol. The van der Waals surface area contributed by atoms with Crippen molar-refractivity contribution < 1.29 is 8.85 Å². The number of hydrogen-bond acceptors (Lipinski definition) is 4. The van der Waals surface area contributed by atoms with E-state index in [1.54, 1.807) is 0 Å². The fourth-order valence-corrected chi connectivity index (χ4v) is 4.08. The zero-order chi connectivity index (χ0) is 12.3. The molecule has 0 rings (SSSR count). The van der Waals surface area contributed by atoms with Crippen molar-refractivity contribution in [2.75, 3.05) is 39.9 Å². The molecule has 0 radical (unpaired) electrons. The lowest BCUT2D eigenvalue weighted by Crippen LogP contribution is -2.39. The van der Waals surface area contributed by atoms with Crippen molar-refractivity contribution in [3.8, 4) is 0 Å². The minimum atomic E-state index is -1.87. The average Bonchev–Trinajstić information content (AvgIpc) is 2.24. The Kier molecular flexibility index (Phi) is 10.3. The molecule has 0 aromatic rings. The molecule has 0 heterocycles. The van der Waals surface area contributed by atoms with Crippen LogP contribution in [0, 0.1) is 0 Å². The second-order valence-corrected chi connectivity index (χ2v) is 7.30. The summed E-state index contributed by atoms with van der Waals surface area (Å²) >= 11 is 0. The molecule has 4 nitrogen and oxygen atoms in total. The second kappa shape index (κ2) is 10.2. The molecule has 0 atom stereocenters. The van der Waals surface area contributed by atoms with Gasteiger partial charge in [-0.05, 0) is 46.5 Å². The molecule has 0 saturated heterocycles. The molecule has 0 saturated carbocycles. The van der Waals surface area contributed by atoms with Crippen molar-refractivity contribution in [3.63, 3.8) is 0 Å². The second-order valence-electron chi connectivity index (χ2n) is 3.96. The first-order valence-corrected chi connectivity index (χ1v) is 8.84. The molecule has 0 aliphatic carbocycles. The molecule has 16 heavy (non-hydrogen) atoms. The molecule has 0 spiro atoms. The molecule has 0 aliphatic rings. The van der Waals surface area contributed by atoms with Crippen LogP contribution in [0.25, 0.3) is 0 Å². The zero-order valence-corrected chi connectivity index (χ0v) is 12.3. The Hall–Kier alpha value is 0.0569. The molecule has 5 heteroatoms. The summed E-state index contributed by atoms with van der Waals surface area (Å²) in [6, 6.07) is 1.07. The molecular formula is C11H28N2O2Si. The average molecular weight is 248 g/mol. The Labute approximate surface area is 101 Å². The monoisotopic (exact) mass is 248 g/mol. The maximum atomic E-state index is 5.77. The Bertz CT molecular complexity index is 153. The predicted octanol–water partition coefficient (Wildman–Crippen LogP) is 1.33. The van der Waals surface area contributed by atoms with E-state index in [0.717, 1.165) is 45.3 Å². The van der Waals surface area contributed by atoms with E-state index in [4.69, 9.17) is 8.85 Å². The molecule has 0 aromatic carbocycles. The largest absolute Gasteiger partial charge is 0.395 e. The Morgan fingerprint density at radius 2 is 1.62 bits per heavy atom. The van der Waals surface area contributed by atoms with E-state index < -0.39 is 8.56 Å². The van der Waals surface area contributed by atoms with Crippen LogP contribution in [0.4, 0.5) is 0 Å². The molecule has 0 bridgehead atoms. The quantitative estimate of drug-likeness (QED) is 0.428. The summed E-state index contributed by atoms with van der Waals surface area (Å²) in [4.78, 5) is 0. The number of rotatable bonds is 11. The van der Waals surface area contributed by atoms with Gasteiger partial charge in [-0.15, -0.1) is 0 Å². The van der Waals surface area contributed by atoms with E-state index in [9.17, 15) is 0 Å². The van der Waals surface area contributed by atoms with Gasteiger partial charge in [0.05, 0.1) is 0 Å². The molecular weight excluding hydrogens is 220 g/mol. The Morgan fingerprint density at radius 1 is 1.00 bits per heavy atom. The minimum absolute atomic E-state index is 0.760. The van der Waals surface area contributed by atoms with Crippen molar-refractivity contribution in [2.24, 2.45) is 0 Å². The van der Waals surface area contributed by atoms with Crippen molar-refractivity contribution in [2.45, 2.75) is 32.9 Å². The van der Waals surface area contributed by atoms with Gasteiger partial charge in [0.15, 0.2) is 0 Å². The fraction of sp³-hybridized carbons (Fsp3) is 1.00. The van der Waals surface area contributed by atoms with Crippen molar-refractivity contribution in [3.05, 3.63) is 0 Å². The summed E-state index contributed by atoms with van der Waals surface area (Å²) in [5.74, 6) is 0. The van der Waals surface area contributed by atoms with Crippen molar-refractivity contribution in [1.82, 2.24) is 10.6 Å². The summed E-state index contributed by atoms with van der Waals surface area (Å²) in [5, 5.41) is 6.50. The van der Waals surface area contributed by atoms with Crippen LogP contribution < -0.4 is 10.6 Å². The van der Waals surface area contributed by atoms with Crippen LogP contribution in [0.15, 0.2) is 0 Å². The lowest BCUT2D eigenvalue weighted by atomic mass is 10.4. The Morgan fingerprint density at radius 3 is 2.12 bits per heavy atom. The first-order valence-electron chi connectivity index (χ1n) is 6.31. The maximum absolute atomic E-state index is 5.77. The SMILES string of the molecule is CCO[Si](C)(CCCNCCNC)OCC. The molecule has 0 fully saturated rings. The van der Waals surface area contributed by atoms with Crippen LogP contribution in [0.1, 0.15) is 20.3 Å². The van der Waals surface area contributed by atoms with Crippen LogP contribution in [-0.2, 0) is 8.85 Å². The van der Waals surface area contributed by atoms with Gasteiger partial charge in [-0.25, -0.2) is 0 Å². The van der Waals surface area contributed by atoms with Crippen LogP contribution in [-0.4, -0.2) is 48.5 Å². The first-order chi connectivity index (χ1) is 7.68. The highest BCUT2D eigenvalue weighted by Gasteiger charge is 2.29. The highest BCUT2D eigenvalue weighted by atomic mass is 28.4.